The third kappa shape index (κ3) is 6.59. The van der Waals surface area contributed by atoms with E-state index in [4.69, 9.17) is 18.9 Å². The van der Waals surface area contributed by atoms with Gasteiger partial charge >= 0.3 is 24.0 Å². The third-order valence-corrected chi connectivity index (χ3v) is 5.74. The zero-order chi connectivity index (χ0) is 24.4. The van der Waals surface area contributed by atoms with Crippen molar-refractivity contribution >= 4 is 24.0 Å². The van der Waals surface area contributed by atoms with Crippen molar-refractivity contribution in [2.75, 3.05) is 6.61 Å². The second kappa shape index (κ2) is 9.67. The van der Waals surface area contributed by atoms with Gasteiger partial charge in [0.15, 0.2) is 18.3 Å². The lowest BCUT2D eigenvalue weighted by molar-refractivity contribution is -0.207. The number of nitrogens with zero attached hydrogens (tertiary/aromatic N) is 1. The molecule has 0 aromatic heterocycles. The Morgan fingerprint density at radius 1 is 0.906 bits per heavy atom. The first-order chi connectivity index (χ1) is 14.6. The summed E-state index contributed by atoms with van der Waals surface area (Å²) in [6.45, 7) is 14.5. The summed E-state index contributed by atoms with van der Waals surface area (Å²) in [5, 5.41) is 0. The highest BCUT2D eigenvalue weighted by Gasteiger charge is 2.59. The van der Waals surface area contributed by atoms with E-state index in [1.165, 1.54) is 25.7 Å². The van der Waals surface area contributed by atoms with Gasteiger partial charge in [0.2, 0.25) is 0 Å². The highest BCUT2D eigenvalue weighted by Crippen LogP contribution is 2.41. The van der Waals surface area contributed by atoms with E-state index in [2.05, 4.69) is 34.6 Å². The number of amides is 1. The Morgan fingerprint density at radius 3 is 1.91 bits per heavy atom. The van der Waals surface area contributed by atoms with Gasteiger partial charge in [0.25, 0.3) is 0 Å². The lowest BCUT2D eigenvalue weighted by atomic mass is 9.72. The molecule has 2 saturated heterocycles. The number of carbonyl (C=O) groups is 4. The molecule has 0 radical (unpaired) electrons. The molecule has 0 N–H and O–H groups in total. The number of fused-ring (bicyclic) bond motifs is 1. The number of esters is 3. The molecule has 2 aliphatic heterocycles. The lowest BCUT2D eigenvalue weighted by Gasteiger charge is -2.48. The molecule has 0 aromatic carbocycles. The van der Waals surface area contributed by atoms with Crippen LogP contribution in [0.25, 0.3) is 0 Å². The van der Waals surface area contributed by atoms with E-state index < -0.39 is 54.4 Å². The molecule has 0 aromatic rings. The van der Waals surface area contributed by atoms with Crippen LogP contribution in [0.2, 0.25) is 0 Å². The number of carbonyl (C=O) groups excluding carboxylic acids is 4. The number of cyclic esters (lactones) is 1. The minimum atomic E-state index is -1.05. The van der Waals surface area contributed by atoms with Crippen molar-refractivity contribution in [1.29, 1.82) is 0 Å². The Hall–Kier alpha value is -2.32. The Bertz CT molecular complexity index is 741. The SMILES string of the molecule is CC(=O)OC1C(OC(C)=O)C(CCC(C)(C)CC(C)(C)C)N2C(=O)OCC2C1OC(C)=O. The maximum Gasteiger partial charge on any atom is 0.410 e. The molecule has 9 heteroatoms. The molecule has 0 saturated carbocycles. The van der Waals surface area contributed by atoms with Crippen molar-refractivity contribution in [2.24, 2.45) is 10.8 Å². The van der Waals surface area contributed by atoms with Gasteiger partial charge in [-0.25, -0.2) is 4.79 Å². The smallest absolute Gasteiger partial charge is 0.410 e. The Labute approximate surface area is 190 Å². The molecule has 0 bridgehead atoms. The molecular weight excluding hydrogens is 418 g/mol. The van der Waals surface area contributed by atoms with Gasteiger partial charge in [-0.1, -0.05) is 34.6 Å². The van der Waals surface area contributed by atoms with Gasteiger partial charge in [-0.3, -0.25) is 19.3 Å². The van der Waals surface area contributed by atoms with E-state index in [0.717, 1.165) is 12.8 Å². The zero-order valence-corrected chi connectivity index (χ0v) is 20.4. The van der Waals surface area contributed by atoms with Gasteiger partial charge in [0, 0.05) is 20.8 Å². The second-order valence-corrected chi connectivity index (χ2v) is 10.8. The van der Waals surface area contributed by atoms with Crippen molar-refractivity contribution in [1.82, 2.24) is 4.90 Å². The van der Waals surface area contributed by atoms with Crippen LogP contribution in [0.1, 0.15) is 74.7 Å². The minimum Gasteiger partial charge on any atom is -0.456 e. The number of hydrogen-bond acceptors (Lipinski definition) is 8. The van der Waals surface area contributed by atoms with Crippen LogP contribution in [0.4, 0.5) is 4.79 Å². The summed E-state index contributed by atoms with van der Waals surface area (Å²) in [4.78, 5) is 49.8. The van der Waals surface area contributed by atoms with Crippen LogP contribution in [-0.2, 0) is 33.3 Å². The van der Waals surface area contributed by atoms with Gasteiger partial charge in [-0.15, -0.1) is 0 Å². The molecule has 0 aliphatic carbocycles. The van der Waals surface area contributed by atoms with Crippen molar-refractivity contribution < 1.29 is 38.1 Å². The van der Waals surface area contributed by atoms with Gasteiger partial charge in [-0.2, -0.15) is 0 Å². The predicted molar refractivity (Wildman–Crippen MR) is 115 cm³/mol. The fraction of sp³-hybridized carbons (Fsp3) is 0.826. The monoisotopic (exact) mass is 455 g/mol. The third-order valence-electron chi connectivity index (χ3n) is 5.74. The normalized spacial score (nSPS) is 27.9. The Balaban J connectivity index is 2.43. The largest absolute Gasteiger partial charge is 0.456 e. The van der Waals surface area contributed by atoms with Crippen LogP contribution in [0, 0.1) is 10.8 Å². The second-order valence-electron chi connectivity index (χ2n) is 10.8. The van der Waals surface area contributed by atoms with Gasteiger partial charge in [-0.05, 0) is 30.1 Å². The standard InChI is InChI=1S/C23H37NO8/c1-13(25)30-18-16(9-10-23(7,8)12-22(4,5)6)24-17(11-29-21(24)28)19(31-14(2)26)20(18)32-15(3)27/h16-20H,9-12H2,1-8H3. The molecule has 5 unspecified atom stereocenters. The molecular formula is C23H37NO8. The first-order valence-corrected chi connectivity index (χ1v) is 11.1. The highest BCUT2D eigenvalue weighted by atomic mass is 16.6. The van der Waals surface area contributed by atoms with Crippen molar-refractivity contribution in [3.8, 4) is 0 Å². The maximum atomic E-state index is 12.7. The molecule has 9 nitrogen and oxygen atoms in total. The van der Waals surface area contributed by atoms with Crippen LogP contribution in [-0.4, -0.2) is 65.9 Å². The molecule has 0 spiro atoms. The number of piperidine rings is 1. The summed E-state index contributed by atoms with van der Waals surface area (Å²) < 4.78 is 21.8. The van der Waals surface area contributed by atoms with Crippen molar-refractivity contribution in [3.63, 3.8) is 0 Å². The summed E-state index contributed by atoms with van der Waals surface area (Å²) in [6.07, 6.45) is -1.44. The van der Waals surface area contributed by atoms with Crippen LogP contribution in [0.5, 0.6) is 0 Å². The number of ether oxygens (including phenoxy) is 4. The van der Waals surface area contributed by atoms with Gasteiger partial charge < -0.3 is 18.9 Å². The van der Waals surface area contributed by atoms with Crippen LogP contribution >= 0.6 is 0 Å². The summed E-state index contributed by atoms with van der Waals surface area (Å²) in [7, 11) is 0. The summed E-state index contributed by atoms with van der Waals surface area (Å²) >= 11 is 0. The Morgan fingerprint density at radius 2 is 1.41 bits per heavy atom. The predicted octanol–water partition coefficient (Wildman–Crippen LogP) is 3.23. The van der Waals surface area contributed by atoms with Crippen molar-refractivity contribution in [2.45, 2.75) is 105 Å². The van der Waals surface area contributed by atoms with E-state index in [1.54, 1.807) is 0 Å². The van der Waals surface area contributed by atoms with E-state index in [0.29, 0.717) is 6.42 Å². The topological polar surface area (TPSA) is 108 Å². The molecule has 2 fully saturated rings. The minimum absolute atomic E-state index is 0.0107. The quantitative estimate of drug-likeness (QED) is 0.425. The van der Waals surface area contributed by atoms with Crippen molar-refractivity contribution in [3.05, 3.63) is 0 Å². The van der Waals surface area contributed by atoms with Crippen LogP contribution < -0.4 is 0 Å². The summed E-state index contributed by atoms with van der Waals surface area (Å²) in [5.74, 6) is -1.79. The average molecular weight is 456 g/mol. The maximum absolute atomic E-state index is 12.7. The first kappa shape index (κ1) is 25.9. The van der Waals surface area contributed by atoms with E-state index in [-0.39, 0.29) is 17.4 Å². The van der Waals surface area contributed by atoms with E-state index >= 15 is 0 Å². The lowest BCUT2D eigenvalue weighted by Crippen LogP contribution is -2.68. The van der Waals surface area contributed by atoms with Crippen LogP contribution in [0.3, 0.4) is 0 Å². The van der Waals surface area contributed by atoms with Gasteiger partial charge in [0.1, 0.15) is 12.6 Å². The summed E-state index contributed by atoms with van der Waals surface area (Å²) in [5.41, 5.74) is 0.0585. The van der Waals surface area contributed by atoms with Crippen LogP contribution in [0.15, 0.2) is 0 Å². The molecule has 2 heterocycles. The molecule has 2 aliphatic rings. The fourth-order valence-corrected chi connectivity index (χ4v) is 5.23. The molecule has 2 rings (SSSR count). The number of rotatable bonds is 7. The Kier molecular flexibility index (Phi) is 7.83. The van der Waals surface area contributed by atoms with Gasteiger partial charge in [0.05, 0.1) is 6.04 Å². The number of hydrogen-bond donors (Lipinski definition) is 0. The molecule has 1 amide bonds. The average Bonchev–Trinajstić information content (AvgIpc) is 2.95. The highest BCUT2D eigenvalue weighted by molar-refractivity contribution is 5.73. The fourth-order valence-electron chi connectivity index (χ4n) is 5.23. The van der Waals surface area contributed by atoms with E-state index in [1.807, 2.05) is 0 Å². The molecule has 5 atom stereocenters. The molecule has 182 valence electrons. The van der Waals surface area contributed by atoms with E-state index in [9.17, 15) is 19.2 Å². The first-order valence-electron chi connectivity index (χ1n) is 11.1. The zero-order valence-electron chi connectivity index (χ0n) is 20.4. The summed E-state index contributed by atoms with van der Waals surface area (Å²) in [6, 6.07) is -1.23. The molecule has 32 heavy (non-hydrogen) atoms.